The molecular formula is C26H46N2P2. The van der Waals surface area contributed by atoms with Gasteiger partial charge in [-0.2, -0.15) is 0 Å². The molecule has 4 heteroatoms. The molecule has 1 aromatic rings. The molecule has 2 N–H and O–H groups in total. The van der Waals surface area contributed by atoms with E-state index in [1.807, 2.05) is 0 Å². The summed E-state index contributed by atoms with van der Waals surface area (Å²) in [7, 11) is -0.0644. The number of hydrogen-bond acceptors (Lipinski definition) is 2. The summed E-state index contributed by atoms with van der Waals surface area (Å²) >= 11 is 0. The van der Waals surface area contributed by atoms with Gasteiger partial charge in [0, 0.05) is 13.1 Å². The van der Waals surface area contributed by atoms with Gasteiger partial charge in [0.2, 0.25) is 0 Å². The normalized spacial score (nSPS) is 24.0. The lowest BCUT2D eigenvalue weighted by Crippen LogP contribution is -2.30. The van der Waals surface area contributed by atoms with Crippen LogP contribution in [0.15, 0.2) is 24.3 Å². The van der Waals surface area contributed by atoms with Crippen molar-refractivity contribution in [2.75, 3.05) is 26.2 Å². The fourth-order valence-corrected chi connectivity index (χ4v) is 12.6. The molecular weight excluding hydrogens is 402 g/mol. The van der Waals surface area contributed by atoms with Crippen molar-refractivity contribution in [2.45, 2.75) is 101 Å². The van der Waals surface area contributed by atoms with Crippen molar-refractivity contribution in [3.05, 3.63) is 35.4 Å². The molecule has 1 aromatic carbocycles. The van der Waals surface area contributed by atoms with Crippen LogP contribution in [0.25, 0.3) is 0 Å². The number of nitrogens with one attached hydrogen (secondary N) is 2. The quantitative estimate of drug-likeness (QED) is 0.387. The van der Waals surface area contributed by atoms with Crippen LogP contribution in [0.2, 0.25) is 0 Å². The van der Waals surface area contributed by atoms with Crippen LogP contribution in [0.4, 0.5) is 0 Å². The van der Waals surface area contributed by atoms with Crippen LogP contribution in [0.5, 0.6) is 0 Å². The Balaban J connectivity index is 1.86. The highest BCUT2D eigenvalue weighted by atomic mass is 31.1. The van der Waals surface area contributed by atoms with Gasteiger partial charge in [0.1, 0.15) is 0 Å². The summed E-state index contributed by atoms with van der Waals surface area (Å²) in [6.07, 6.45) is 7.97. The Morgan fingerprint density at radius 2 is 1.27 bits per heavy atom. The molecule has 3 rings (SSSR count). The molecule has 2 aliphatic rings. The summed E-state index contributed by atoms with van der Waals surface area (Å²) in [5.74, 6) is 0. The summed E-state index contributed by atoms with van der Waals surface area (Å²) in [6, 6.07) is 9.53. The third-order valence-electron chi connectivity index (χ3n) is 8.00. The molecule has 2 saturated heterocycles. The maximum atomic E-state index is 3.66. The van der Waals surface area contributed by atoms with Crippen molar-refractivity contribution in [2.24, 2.45) is 0 Å². The second-order valence-electron chi connectivity index (χ2n) is 10.7. The van der Waals surface area contributed by atoms with Crippen LogP contribution in [-0.2, 0) is 12.3 Å². The fraction of sp³-hybridized carbons (Fsp3) is 0.769. The molecule has 0 aliphatic carbocycles. The zero-order valence-electron chi connectivity index (χ0n) is 20.4. The first kappa shape index (κ1) is 24.6. The molecule has 0 radical (unpaired) electrons. The van der Waals surface area contributed by atoms with E-state index in [4.69, 9.17) is 0 Å². The van der Waals surface area contributed by atoms with Gasteiger partial charge in [-0.05, 0) is 83.9 Å². The zero-order chi connectivity index (χ0) is 21.8. The van der Waals surface area contributed by atoms with Crippen molar-refractivity contribution < 1.29 is 0 Å². The molecule has 2 unspecified atom stereocenters. The second-order valence-corrected chi connectivity index (χ2v) is 17.1. The Kier molecular flexibility index (Phi) is 8.82. The molecule has 2 atom stereocenters. The van der Waals surface area contributed by atoms with E-state index in [2.05, 4.69) is 76.4 Å². The van der Waals surface area contributed by atoms with Crippen LogP contribution < -0.4 is 10.6 Å². The van der Waals surface area contributed by atoms with Gasteiger partial charge in [-0.1, -0.05) is 81.7 Å². The largest absolute Gasteiger partial charge is 0.316 e. The van der Waals surface area contributed by atoms with E-state index in [0.717, 1.165) is 11.3 Å². The molecule has 2 nitrogen and oxygen atoms in total. The van der Waals surface area contributed by atoms with E-state index in [1.54, 1.807) is 11.1 Å². The Hall–Kier alpha value is -0.0000000000000000416. The maximum Gasteiger partial charge on any atom is 0.00196 e. The first-order valence-corrected chi connectivity index (χ1v) is 15.5. The molecule has 170 valence electrons. The minimum atomic E-state index is -0.103. The summed E-state index contributed by atoms with van der Waals surface area (Å²) in [5.41, 5.74) is 5.17. The van der Waals surface area contributed by atoms with E-state index in [9.17, 15) is 0 Å². The van der Waals surface area contributed by atoms with Gasteiger partial charge in [0.05, 0.1) is 0 Å². The smallest absolute Gasteiger partial charge is 0.00196 e. The highest BCUT2D eigenvalue weighted by molar-refractivity contribution is 7.60. The number of hydrogen-bond donors (Lipinski definition) is 2. The summed E-state index contributed by atoms with van der Waals surface area (Å²) in [6.45, 7) is 19.9. The van der Waals surface area contributed by atoms with Crippen LogP contribution in [-0.4, -0.2) is 47.8 Å². The molecule has 2 heterocycles. The Bertz CT molecular complexity index is 629. The Morgan fingerprint density at radius 1 is 0.800 bits per heavy atom. The van der Waals surface area contributed by atoms with E-state index in [0.29, 0.717) is 10.3 Å². The van der Waals surface area contributed by atoms with Crippen molar-refractivity contribution in [1.82, 2.24) is 10.6 Å². The van der Waals surface area contributed by atoms with Gasteiger partial charge >= 0.3 is 0 Å². The summed E-state index contributed by atoms with van der Waals surface area (Å²) in [5, 5.41) is 8.18. The molecule has 0 spiro atoms. The van der Waals surface area contributed by atoms with Crippen molar-refractivity contribution in [3.63, 3.8) is 0 Å². The van der Waals surface area contributed by atoms with Crippen LogP contribution in [0.1, 0.15) is 78.4 Å². The van der Waals surface area contributed by atoms with E-state index in [1.165, 1.54) is 64.2 Å². The second kappa shape index (κ2) is 10.7. The molecule has 0 amide bonds. The van der Waals surface area contributed by atoms with Gasteiger partial charge in [-0.15, -0.1) is 0 Å². The predicted molar refractivity (Wildman–Crippen MR) is 139 cm³/mol. The number of benzene rings is 1. The van der Waals surface area contributed by atoms with E-state index in [-0.39, 0.29) is 15.8 Å². The van der Waals surface area contributed by atoms with Gasteiger partial charge in [0.15, 0.2) is 0 Å². The average Bonchev–Trinajstić information content (AvgIpc) is 3.45. The van der Waals surface area contributed by atoms with Gasteiger partial charge in [0.25, 0.3) is 0 Å². The topological polar surface area (TPSA) is 24.1 Å². The standard InChI is InChI=1S/C26H46N2P2/c1-7-25(3,4)30(26(5,6)8-2)20-22-12-10-9-11-21(22)19-29(23-13-15-27-17-23)24-14-16-28-18-24/h9-12,23-24,27-28H,7-8,13-20H2,1-6H3. The monoisotopic (exact) mass is 448 g/mol. The Morgan fingerprint density at radius 3 is 1.67 bits per heavy atom. The van der Waals surface area contributed by atoms with Crippen molar-refractivity contribution in [3.8, 4) is 0 Å². The third-order valence-corrected chi connectivity index (χ3v) is 15.7. The minimum absolute atomic E-state index is 0.0384. The SMILES string of the molecule is CCC(C)(C)P(Cc1ccccc1CP(C1CCNC1)C1CCNC1)C(C)(C)CC. The summed E-state index contributed by atoms with van der Waals surface area (Å²) in [4.78, 5) is 0. The van der Waals surface area contributed by atoms with Crippen LogP contribution in [0.3, 0.4) is 0 Å². The highest BCUT2D eigenvalue weighted by Crippen LogP contribution is 2.64. The summed E-state index contributed by atoms with van der Waals surface area (Å²) < 4.78 is 0. The maximum absolute atomic E-state index is 3.66. The molecule has 2 aliphatic heterocycles. The molecule has 2 fully saturated rings. The molecule has 0 bridgehead atoms. The van der Waals surface area contributed by atoms with Crippen LogP contribution in [0, 0.1) is 0 Å². The lowest BCUT2D eigenvalue weighted by atomic mass is 10.1. The highest BCUT2D eigenvalue weighted by Gasteiger charge is 2.39. The molecule has 0 saturated carbocycles. The number of rotatable bonds is 10. The first-order chi connectivity index (χ1) is 14.3. The van der Waals surface area contributed by atoms with E-state index >= 15 is 0 Å². The fourth-order valence-electron chi connectivity index (χ4n) is 5.26. The van der Waals surface area contributed by atoms with Crippen LogP contribution >= 0.6 is 15.8 Å². The van der Waals surface area contributed by atoms with Crippen molar-refractivity contribution in [1.29, 1.82) is 0 Å². The third kappa shape index (κ3) is 5.86. The minimum Gasteiger partial charge on any atom is -0.316 e. The van der Waals surface area contributed by atoms with Gasteiger partial charge < -0.3 is 10.6 Å². The lowest BCUT2D eigenvalue weighted by molar-refractivity contribution is 0.601. The first-order valence-electron chi connectivity index (χ1n) is 12.3. The Labute approximate surface area is 189 Å². The van der Waals surface area contributed by atoms with E-state index < -0.39 is 0 Å². The zero-order valence-corrected chi connectivity index (χ0v) is 22.2. The molecule has 0 aromatic heterocycles. The predicted octanol–water partition coefficient (Wildman–Crippen LogP) is 6.75. The lowest BCUT2D eigenvalue weighted by Gasteiger charge is -2.45. The van der Waals surface area contributed by atoms with Gasteiger partial charge in [-0.25, -0.2) is 0 Å². The van der Waals surface area contributed by atoms with Gasteiger partial charge in [-0.3, -0.25) is 0 Å². The molecule has 30 heavy (non-hydrogen) atoms. The van der Waals surface area contributed by atoms with Crippen molar-refractivity contribution >= 4 is 15.8 Å². The average molecular weight is 449 g/mol.